The SMILES string of the molecule is CCCCCCCC(O)CCOCCC. The van der Waals surface area contributed by atoms with Gasteiger partial charge in [0.15, 0.2) is 0 Å². The zero-order chi connectivity index (χ0) is 11.4. The van der Waals surface area contributed by atoms with Crippen LogP contribution < -0.4 is 0 Å². The maximum absolute atomic E-state index is 9.63. The summed E-state index contributed by atoms with van der Waals surface area (Å²) in [6.07, 6.45) is 9.01. The van der Waals surface area contributed by atoms with Crippen molar-refractivity contribution in [2.75, 3.05) is 13.2 Å². The van der Waals surface area contributed by atoms with Gasteiger partial charge in [-0.2, -0.15) is 0 Å². The van der Waals surface area contributed by atoms with Crippen LogP contribution in [0, 0.1) is 0 Å². The average Bonchev–Trinajstić information content (AvgIpc) is 2.24. The molecule has 0 bridgehead atoms. The van der Waals surface area contributed by atoms with E-state index in [9.17, 15) is 5.11 Å². The second-order valence-electron chi connectivity index (χ2n) is 4.26. The predicted molar refractivity (Wildman–Crippen MR) is 65.1 cm³/mol. The highest BCUT2D eigenvalue weighted by Crippen LogP contribution is 2.09. The summed E-state index contributed by atoms with van der Waals surface area (Å²) in [5.41, 5.74) is 0. The largest absolute Gasteiger partial charge is 0.393 e. The first kappa shape index (κ1) is 14.9. The number of hydrogen-bond acceptors (Lipinski definition) is 2. The van der Waals surface area contributed by atoms with Crippen LogP contribution in [-0.2, 0) is 4.74 Å². The summed E-state index contributed by atoms with van der Waals surface area (Å²) in [7, 11) is 0. The molecule has 1 N–H and O–H groups in total. The Hall–Kier alpha value is -0.0800. The Balaban J connectivity index is 3.08. The van der Waals surface area contributed by atoms with Gasteiger partial charge < -0.3 is 9.84 Å². The third-order valence-corrected chi connectivity index (χ3v) is 2.58. The Morgan fingerprint density at radius 2 is 1.60 bits per heavy atom. The van der Waals surface area contributed by atoms with E-state index in [2.05, 4.69) is 13.8 Å². The summed E-state index contributed by atoms with van der Waals surface area (Å²) in [5.74, 6) is 0. The topological polar surface area (TPSA) is 29.5 Å². The van der Waals surface area contributed by atoms with Crippen molar-refractivity contribution in [2.45, 2.75) is 71.3 Å². The van der Waals surface area contributed by atoms with Crippen LogP contribution in [0.5, 0.6) is 0 Å². The molecule has 2 heteroatoms. The minimum Gasteiger partial charge on any atom is -0.393 e. The van der Waals surface area contributed by atoms with Crippen LogP contribution in [0.3, 0.4) is 0 Å². The molecule has 2 nitrogen and oxygen atoms in total. The normalized spacial score (nSPS) is 13.0. The molecule has 0 aromatic rings. The Morgan fingerprint density at radius 3 is 2.27 bits per heavy atom. The molecule has 0 aromatic heterocycles. The molecule has 0 saturated carbocycles. The summed E-state index contributed by atoms with van der Waals surface area (Å²) < 4.78 is 5.34. The summed E-state index contributed by atoms with van der Waals surface area (Å²) in [5, 5.41) is 9.63. The molecule has 92 valence electrons. The lowest BCUT2D eigenvalue weighted by Gasteiger charge is -2.10. The number of aliphatic hydroxyl groups is 1. The molecule has 0 aromatic carbocycles. The molecule has 0 fully saturated rings. The third-order valence-electron chi connectivity index (χ3n) is 2.58. The molecule has 1 unspecified atom stereocenters. The summed E-state index contributed by atoms with van der Waals surface area (Å²) >= 11 is 0. The molecule has 15 heavy (non-hydrogen) atoms. The van der Waals surface area contributed by atoms with Crippen molar-refractivity contribution in [1.82, 2.24) is 0 Å². The Labute approximate surface area is 95.0 Å². The van der Waals surface area contributed by atoms with E-state index >= 15 is 0 Å². The van der Waals surface area contributed by atoms with Gasteiger partial charge in [0.2, 0.25) is 0 Å². The van der Waals surface area contributed by atoms with Crippen molar-refractivity contribution >= 4 is 0 Å². The number of aliphatic hydroxyl groups excluding tert-OH is 1. The van der Waals surface area contributed by atoms with Crippen LogP contribution in [0.4, 0.5) is 0 Å². The van der Waals surface area contributed by atoms with E-state index in [1.807, 2.05) is 0 Å². The fraction of sp³-hybridized carbons (Fsp3) is 1.00. The van der Waals surface area contributed by atoms with Crippen LogP contribution in [0.15, 0.2) is 0 Å². The highest BCUT2D eigenvalue weighted by molar-refractivity contribution is 4.55. The van der Waals surface area contributed by atoms with Crippen LogP contribution in [0.1, 0.15) is 65.2 Å². The molecule has 0 saturated heterocycles. The first-order valence-corrected chi connectivity index (χ1v) is 6.57. The van der Waals surface area contributed by atoms with Crippen LogP contribution >= 0.6 is 0 Å². The maximum Gasteiger partial charge on any atom is 0.0562 e. The van der Waals surface area contributed by atoms with Gasteiger partial charge in [-0.15, -0.1) is 0 Å². The van der Waals surface area contributed by atoms with Crippen LogP contribution in [0.25, 0.3) is 0 Å². The van der Waals surface area contributed by atoms with Crippen molar-refractivity contribution in [2.24, 2.45) is 0 Å². The van der Waals surface area contributed by atoms with E-state index < -0.39 is 0 Å². The lowest BCUT2D eigenvalue weighted by atomic mass is 10.1. The summed E-state index contributed by atoms with van der Waals surface area (Å²) in [6, 6.07) is 0. The van der Waals surface area contributed by atoms with E-state index in [0.29, 0.717) is 6.61 Å². The number of unbranched alkanes of at least 4 members (excludes halogenated alkanes) is 4. The van der Waals surface area contributed by atoms with Gasteiger partial charge in [0.05, 0.1) is 6.10 Å². The molecule has 0 spiro atoms. The zero-order valence-corrected chi connectivity index (χ0v) is 10.5. The molecular weight excluding hydrogens is 188 g/mol. The number of ether oxygens (including phenoxy) is 1. The van der Waals surface area contributed by atoms with Gasteiger partial charge in [0.25, 0.3) is 0 Å². The molecule has 0 aliphatic carbocycles. The van der Waals surface area contributed by atoms with Gasteiger partial charge in [-0.25, -0.2) is 0 Å². The predicted octanol–water partition coefficient (Wildman–Crippen LogP) is 3.52. The van der Waals surface area contributed by atoms with Gasteiger partial charge in [0, 0.05) is 13.2 Å². The van der Waals surface area contributed by atoms with Gasteiger partial charge in [0.1, 0.15) is 0 Å². The second kappa shape index (κ2) is 12.0. The second-order valence-corrected chi connectivity index (χ2v) is 4.26. The van der Waals surface area contributed by atoms with Crippen LogP contribution in [-0.4, -0.2) is 24.4 Å². The molecule has 0 heterocycles. The smallest absolute Gasteiger partial charge is 0.0562 e. The third kappa shape index (κ3) is 11.8. The minimum atomic E-state index is -0.150. The van der Waals surface area contributed by atoms with Crippen LogP contribution in [0.2, 0.25) is 0 Å². The maximum atomic E-state index is 9.63. The summed E-state index contributed by atoms with van der Waals surface area (Å²) in [4.78, 5) is 0. The van der Waals surface area contributed by atoms with Crippen molar-refractivity contribution in [3.8, 4) is 0 Å². The van der Waals surface area contributed by atoms with E-state index in [0.717, 1.165) is 32.3 Å². The average molecular weight is 216 g/mol. The molecule has 0 rings (SSSR count). The lowest BCUT2D eigenvalue weighted by molar-refractivity contribution is 0.0771. The van der Waals surface area contributed by atoms with Gasteiger partial charge >= 0.3 is 0 Å². The zero-order valence-electron chi connectivity index (χ0n) is 10.5. The van der Waals surface area contributed by atoms with Crippen molar-refractivity contribution in [3.05, 3.63) is 0 Å². The standard InChI is InChI=1S/C13H28O2/c1-3-5-6-7-8-9-13(14)10-12-15-11-4-2/h13-14H,3-12H2,1-2H3. The molecule has 0 aliphatic rings. The Kier molecular flexibility index (Phi) is 11.9. The Bertz CT molecular complexity index is 115. The lowest BCUT2D eigenvalue weighted by Crippen LogP contribution is -2.10. The first-order valence-electron chi connectivity index (χ1n) is 6.57. The van der Waals surface area contributed by atoms with Crippen molar-refractivity contribution in [3.63, 3.8) is 0 Å². The van der Waals surface area contributed by atoms with Crippen molar-refractivity contribution in [1.29, 1.82) is 0 Å². The minimum absolute atomic E-state index is 0.150. The molecule has 1 atom stereocenters. The molecule has 0 radical (unpaired) electrons. The van der Waals surface area contributed by atoms with E-state index in [-0.39, 0.29) is 6.10 Å². The fourth-order valence-corrected chi connectivity index (χ4v) is 1.59. The highest BCUT2D eigenvalue weighted by atomic mass is 16.5. The molecule has 0 amide bonds. The highest BCUT2D eigenvalue weighted by Gasteiger charge is 2.03. The summed E-state index contributed by atoms with van der Waals surface area (Å²) in [6.45, 7) is 5.86. The number of hydrogen-bond donors (Lipinski definition) is 1. The molecule has 0 aliphatic heterocycles. The van der Waals surface area contributed by atoms with E-state index in [1.54, 1.807) is 0 Å². The van der Waals surface area contributed by atoms with E-state index in [4.69, 9.17) is 4.74 Å². The van der Waals surface area contributed by atoms with Gasteiger partial charge in [-0.05, 0) is 19.3 Å². The van der Waals surface area contributed by atoms with E-state index in [1.165, 1.54) is 25.7 Å². The monoisotopic (exact) mass is 216 g/mol. The van der Waals surface area contributed by atoms with Crippen molar-refractivity contribution < 1.29 is 9.84 Å². The van der Waals surface area contributed by atoms with Gasteiger partial charge in [-0.3, -0.25) is 0 Å². The van der Waals surface area contributed by atoms with Gasteiger partial charge in [-0.1, -0.05) is 46.0 Å². The quantitative estimate of drug-likeness (QED) is 0.535. The Morgan fingerprint density at radius 1 is 0.867 bits per heavy atom. The molecular formula is C13H28O2. The first-order chi connectivity index (χ1) is 7.31. The number of rotatable bonds is 11. The fourth-order valence-electron chi connectivity index (χ4n) is 1.59.